The number of phenolic OH excluding ortho intramolecular Hbond substituents is 1. The molecule has 1 aliphatic carbocycles. The topological polar surface area (TPSA) is 116 Å². The van der Waals surface area contributed by atoms with Crippen molar-refractivity contribution >= 4 is 29.5 Å². The number of aliphatic hydroxyl groups is 1. The maximum absolute atomic E-state index is 13.8. The molecule has 1 aromatic rings. The fourth-order valence-electron chi connectivity index (χ4n) is 4.94. The van der Waals surface area contributed by atoms with E-state index in [4.69, 9.17) is 9.84 Å². The third-order valence-electron chi connectivity index (χ3n) is 6.65. The molecule has 188 valence electrons. The molecule has 1 aromatic carbocycles. The minimum absolute atomic E-state index is 0.0220. The maximum atomic E-state index is 13.8. The second-order valence-electron chi connectivity index (χ2n) is 9.13. The van der Waals surface area contributed by atoms with E-state index in [1.807, 2.05) is 0 Å². The number of hydrogen-bond acceptors (Lipinski definition) is 7. The predicted molar refractivity (Wildman–Crippen MR) is 130 cm³/mol. The molecule has 3 N–H and O–H groups in total. The minimum Gasteiger partial charge on any atom is -0.508 e. The first kappa shape index (κ1) is 26.3. The first-order chi connectivity index (χ1) is 16.4. The largest absolute Gasteiger partial charge is 0.508 e. The Morgan fingerprint density at radius 1 is 1.24 bits per heavy atom. The van der Waals surface area contributed by atoms with E-state index in [1.54, 1.807) is 40.9 Å². The van der Waals surface area contributed by atoms with Crippen LogP contribution in [0.5, 0.6) is 5.75 Å². The number of hydrogen-bond donors (Lipinski definition) is 3. The lowest BCUT2D eigenvalue weighted by molar-refractivity contribution is -0.152. The molecular weight excluding hydrogens is 456 g/mol. The Morgan fingerprint density at radius 3 is 2.68 bits per heavy atom. The van der Waals surface area contributed by atoms with E-state index in [2.05, 4.69) is 5.32 Å². The van der Waals surface area contributed by atoms with Gasteiger partial charge < -0.3 is 25.2 Å². The lowest BCUT2D eigenvalue weighted by Crippen LogP contribution is -2.55. The summed E-state index contributed by atoms with van der Waals surface area (Å²) in [6.07, 6.45) is 6.07. The molecule has 3 atom stereocenters. The number of carbonyl (C=O) groups excluding carboxylic acids is 3. The molecule has 0 unspecified atom stereocenters. The highest BCUT2D eigenvalue weighted by Crippen LogP contribution is 2.32. The molecule has 2 aliphatic rings. The number of likely N-dealkylation sites (tertiary alicyclic amines) is 1. The molecule has 2 fully saturated rings. The van der Waals surface area contributed by atoms with Gasteiger partial charge in [0.15, 0.2) is 0 Å². The van der Waals surface area contributed by atoms with Crippen molar-refractivity contribution in [1.29, 1.82) is 0 Å². The third-order valence-corrected chi connectivity index (χ3v) is 7.99. The Bertz CT molecular complexity index is 844. The Hall–Kier alpha value is -2.26. The van der Waals surface area contributed by atoms with Gasteiger partial charge in [-0.1, -0.05) is 31.4 Å². The zero-order valence-electron chi connectivity index (χ0n) is 19.8. The molecule has 1 saturated carbocycles. The molecule has 0 radical (unpaired) electrons. The minimum atomic E-state index is -0.696. The highest BCUT2D eigenvalue weighted by molar-refractivity contribution is 7.99. The van der Waals surface area contributed by atoms with Gasteiger partial charge in [-0.05, 0) is 55.1 Å². The summed E-state index contributed by atoms with van der Waals surface area (Å²) < 4.78 is 4.99. The van der Waals surface area contributed by atoms with Gasteiger partial charge in [0, 0.05) is 18.4 Å². The number of amides is 2. The Balaban J connectivity index is 1.75. The van der Waals surface area contributed by atoms with Crippen molar-refractivity contribution in [3.05, 3.63) is 29.8 Å². The monoisotopic (exact) mass is 492 g/mol. The smallest absolute Gasteiger partial charge is 0.328 e. The maximum Gasteiger partial charge on any atom is 0.328 e. The van der Waals surface area contributed by atoms with E-state index in [-0.39, 0.29) is 41.8 Å². The van der Waals surface area contributed by atoms with Crippen LogP contribution in [0, 0.1) is 5.92 Å². The second-order valence-corrected chi connectivity index (χ2v) is 10.5. The van der Waals surface area contributed by atoms with Gasteiger partial charge in [-0.2, -0.15) is 11.8 Å². The average Bonchev–Trinajstić information content (AvgIpc) is 3.26. The lowest BCUT2D eigenvalue weighted by atomic mass is 9.83. The summed E-state index contributed by atoms with van der Waals surface area (Å²) in [5.41, 5.74) is 0.668. The van der Waals surface area contributed by atoms with Gasteiger partial charge in [0.1, 0.15) is 17.8 Å². The van der Waals surface area contributed by atoms with Crippen molar-refractivity contribution in [2.24, 2.45) is 5.92 Å². The average molecular weight is 493 g/mol. The van der Waals surface area contributed by atoms with E-state index in [9.17, 15) is 19.5 Å². The van der Waals surface area contributed by atoms with E-state index in [1.165, 1.54) is 7.11 Å². The van der Waals surface area contributed by atoms with Crippen molar-refractivity contribution in [2.45, 2.75) is 68.7 Å². The molecule has 1 aliphatic heterocycles. The molecule has 34 heavy (non-hydrogen) atoms. The summed E-state index contributed by atoms with van der Waals surface area (Å²) in [7, 11) is 1.33. The van der Waals surface area contributed by atoms with Gasteiger partial charge in [0.2, 0.25) is 11.8 Å². The van der Waals surface area contributed by atoms with E-state index >= 15 is 0 Å². The number of ether oxygens (including phenoxy) is 1. The second kappa shape index (κ2) is 13.0. The van der Waals surface area contributed by atoms with Gasteiger partial charge in [-0.25, -0.2) is 4.79 Å². The van der Waals surface area contributed by atoms with Crippen LogP contribution in [0.3, 0.4) is 0 Å². The number of rotatable bonds is 10. The van der Waals surface area contributed by atoms with Crippen molar-refractivity contribution in [3.8, 4) is 5.75 Å². The van der Waals surface area contributed by atoms with Crippen LogP contribution in [-0.2, 0) is 25.5 Å². The van der Waals surface area contributed by atoms with Gasteiger partial charge in [-0.15, -0.1) is 0 Å². The summed E-state index contributed by atoms with van der Waals surface area (Å²) in [5, 5.41) is 21.8. The van der Waals surface area contributed by atoms with Gasteiger partial charge >= 0.3 is 5.97 Å². The van der Waals surface area contributed by atoms with Crippen LogP contribution in [0.1, 0.15) is 50.5 Å². The lowest BCUT2D eigenvalue weighted by Gasteiger charge is -2.34. The molecular formula is C25H36N2O6S. The SMILES string of the molecule is COC(=O)[C@@H]1C[C@@H](SCCCO)CN1C(=O)[C@@H](NC(=O)Cc1cccc(O)c1)C1CCCCC1. The Morgan fingerprint density at radius 2 is 2.00 bits per heavy atom. The normalized spacial score (nSPS) is 21.8. The molecule has 8 nitrogen and oxygen atoms in total. The molecule has 3 rings (SSSR count). The number of thioether (sulfide) groups is 1. The van der Waals surface area contributed by atoms with Crippen molar-refractivity contribution in [3.63, 3.8) is 0 Å². The standard InChI is InChI=1S/C25H36N2O6S/c1-33-25(32)21-15-20(34-12-6-11-28)16-27(21)24(31)23(18-8-3-2-4-9-18)26-22(30)14-17-7-5-10-19(29)13-17/h5,7,10,13,18,20-21,23,28-29H,2-4,6,8-9,11-12,14-16H2,1H3,(H,26,30)/t20-,21+,23+/m1/s1. The zero-order chi connectivity index (χ0) is 24.5. The number of nitrogens with one attached hydrogen (secondary N) is 1. The first-order valence-corrected chi connectivity index (χ1v) is 13.2. The van der Waals surface area contributed by atoms with Crippen LogP contribution in [0.15, 0.2) is 24.3 Å². The highest BCUT2D eigenvalue weighted by Gasteiger charge is 2.44. The molecule has 0 spiro atoms. The summed E-state index contributed by atoms with van der Waals surface area (Å²) in [5.74, 6) is -0.0770. The van der Waals surface area contributed by atoms with E-state index < -0.39 is 18.1 Å². The number of aromatic hydroxyl groups is 1. The van der Waals surface area contributed by atoms with Crippen LogP contribution < -0.4 is 5.32 Å². The molecule has 0 bridgehead atoms. The fourth-order valence-corrected chi connectivity index (χ4v) is 6.15. The van der Waals surface area contributed by atoms with Crippen LogP contribution in [0.2, 0.25) is 0 Å². The fraction of sp³-hybridized carbons (Fsp3) is 0.640. The number of phenols is 1. The number of esters is 1. The van der Waals surface area contributed by atoms with E-state index in [0.717, 1.165) is 37.9 Å². The predicted octanol–water partition coefficient (Wildman–Crippen LogP) is 2.26. The number of methoxy groups -OCH3 is 1. The quantitative estimate of drug-likeness (QED) is 0.339. The van der Waals surface area contributed by atoms with Crippen LogP contribution >= 0.6 is 11.8 Å². The highest BCUT2D eigenvalue weighted by atomic mass is 32.2. The van der Waals surface area contributed by atoms with Crippen molar-refractivity contribution in [2.75, 3.05) is 26.0 Å². The van der Waals surface area contributed by atoms with Crippen LogP contribution in [0.4, 0.5) is 0 Å². The van der Waals surface area contributed by atoms with Crippen LogP contribution in [0.25, 0.3) is 0 Å². The summed E-state index contributed by atoms with van der Waals surface area (Å²) in [6.45, 7) is 0.526. The van der Waals surface area contributed by atoms with Gasteiger partial charge in [0.25, 0.3) is 0 Å². The van der Waals surface area contributed by atoms with Gasteiger partial charge in [0.05, 0.1) is 13.5 Å². The molecule has 0 aromatic heterocycles. The molecule has 1 saturated heterocycles. The first-order valence-electron chi connectivity index (χ1n) is 12.1. The van der Waals surface area contributed by atoms with E-state index in [0.29, 0.717) is 24.9 Å². The number of benzene rings is 1. The van der Waals surface area contributed by atoms with Crippen molar-refractivity contribution in [1.82, 2.24) is 10.2 Å². The summed E-state index contributed by atoms with van der Waals surface area (Å²) >= 11 is 1.65. The molecule has 9 heteroatoms. The molecule has 2 amide bonds. The van der Waals surface area contributed by atoms with Crippen molar-refractivity contribution < 1.29 is 29.3 Å². The van der Waals surface area contributed by atoms with Crippen LogP contribution in [-0.4, -0.2) is 76.2 Å². The molecule has 1 heterocycles. The Kier molecular flexibility index (Phi) is 10.1. The van der Waals surface area contributed by atoms with Gasteiger partial charge in [-0.3, -0.25) is 9.59 Å². The third kappa shape index (κ3) is 7.12. The number of carbonyl (C=O) groups is 3. The zero-order valence-corrected chi connectivity index (χ0v) is 20.6. The number of aliphatic hydroxyl groups excluding tert-OH is 1. The summed E-state index contributed by atoms with van der Waals surface area (Å²) in [4.78, 5) is 40.8. The summed E-state index contributed by atoms with van der Waals surface area (Å²) in [6, 6.07) is 5.17. The number of nitrogens with zero attached hydrogens (tertiary/aromatic N) is 1. The Labute approximate surface area is 205 Å².